The number of ether oxygens (including phenoxy) is 1. The minimum atomic E-state index is -0.624. The van der Waals surface area contributed by atoms with E-state index in [0.29, 0.717) is 31.6 Å². The molecule has 2 fully saturated rings. The summed E-state index contributed by atoms with van der Waals surface area (Å²) in [4.78, 5) is 33.2. The minimum Gasteiger partial charge on any atom is -0.379 e. The number of benzene rings is 2. The highest BCUT2D eigenvalue weighted by Gasteiger charge is 2.38. The van der Waals surface area contributed by atoms with Gasteiger partial charge >= 0.3 is 0 Å². The quantitative estimate of drug-likeness (QED) is 0.493. The van der Waals surface area contributed by atoms with Crippen LogP contribution in [0.4, 0.5) is 4.39 Å². The summed E-state index contributed by atoms with van der Waals surface area (Å²) in [7, 11) is 0. The van der Waals surface area contributed by atoms with E-state index in [-0.39, 0.29) is 17.9 Å². The number of piperidine rings is 1. The zero-order valence-electron chi connectivity index (χ0n) is 22.3. The molecule has 38 heavy (non-hydrogen) atoms. The molecule has 0 aromatic heterocycles. The highest BCUT2D eigenvalue weighted by Crippen LogP contribution is 2.26. The first kappa shape index (κ1) is 28.2. The molecule has 4 rings (SSSR count). The third-order valence-electron chi connectivity index (χ3n) is 7.63. The average molecular weight is 526 g/mol. The van der Waals surface area contributed by atoms with Gasteiger partial charge in [-0.25, -0.2) is 4.39 Å². The summed E-state index contributed by atoms with van der Waals surface area (Å²) in [5.41, 5.74) is 8.53. The number of amides is 2. The topological polar surface area (TPSA) is 91.1 Å². The highest BCUT2D eigenvalue weighted by atomic mass is 19.1. The van der Waals surface area contributed by atoms with Gasteiger partial charge in [-0.15, -0.1) is 0 Å². The van der Waals surface area contributed by atoms with Crippen molar-refractivity contribution in [3.63, 3.8) is 0 Å². The first-order valence-electron chi connectivity index (χ1n) is 13.6. The van der Waals surface area contributed by atoms with Crippen molar-refractivity contribution in [3.05, 3.63) is 71.0 Å². The zero-order valence-corrected chi connectivity index (χ0v) is 22.3. The Morgan fingerprint density at radius 3 is 2.55 bits per heavy atom. The normalized spacial score (nSPS) is 20.5. The number of nitrogens with two attached hydrogens (primary N) is 1. The third kappa shape index (κ3) is 7.38. The Hall–Kier alpha value is -2.85. The Labute approximate surface area is 224 Å². The SMILES string of the molecule is Cc1ccccc1CN(CCN1CCOCC1)C1CCN(C(=O)c2ccc(F)cc2)[C@@H](C(=O)NCCN)C1. The van der Waals surface area contributed by atoms with E-state index in [1.807, 2.05) is 6.07 Å². The molecule has 2 aliphatic heterocycles. The van der Waals surface area contributed by atoms with Crippen LogP contribution in [-0.2, 0) is 16.1 Å². The molecule has 2 amide bonds. The molecule has 0 bridgehead atoms. The van der Waals surface area contributed by atoms with Gasteiger partial charge in [0.05, 0.1) is 13.2 Å². The van der Waals surface area contributed by atoms with Gasteiger partial charge in [-0.05, 0) is 55.2 Å². The maximum Gasteiger partial charge on any atom is 0.254 e. The number of nitrogens with zero attached hydrogens (tertiary/aromatic N) is 3. The Balaban J connectivity index is 1.54. The Morgan fingerprint density at radius 2 is 1.84 bits per heavy atom. The van der Waals surface area contributed by atoms with Gasteiger partial charge in [0.1, 0.15) is 11.9 Å². The van der Waals surface area contributed by atoms with Crippen molar-refractivity contribution in [1.29, 1.82) is 0 Å². The molecule has 0 radical (unpaired) electrons. The number of halogens is 1. The van der Waals surface area contributed by atoms with E-state index in [2.05, 4.69) is 40.2 Å². The summed E-state index contributed by atoms with van der Waals surface area (Å²) in [5.74, 6) is -0.848. The Kier molecular flexibility index (Phi) is 10.2. The van der Waals surface area contributed by atoms with Crippen molar-refractivity contribution in [2.45, 2.75) is 38.4 Å². The first-order valence-corrected chi connectivity index (χ1v) is 13.6. The number of likely N-dealkylation sites (tertiary alicyclic amines) is 1. The molecule has 2 aromatic carbocycles. The lowest BCUT2D eigenvalue weighted by Gasteiger charge is -2.43. The zero-order chi connectivity index (χ0) is 26.9. The molecule has 0 saturated carbocycles. The average Bonchev–Trinajstić information content (AvgIpc) is 2.95. The lowest BCUT2D eigenvalue weighted by Crippen LogP contribution is -2.58. The summed E-state index contributed by atoms with van der Waals surface area (Å²) in [6.07, 6.45) is 1.28. The van der Waals surface area contributed by atoms with Crippen LogP contribution < -0.4 is 11.1 Å². The first-order chi connectivity index (χ1) is 18.5. The van der Waals surface area contributed by atoms with Gasteiger partial charge in [-0.1, -0.05) is 24.3 Å². The summed E-state index contributed by atoms with van der Waals surface area (Å²) in [6, 6.07) is 13.4. The van der Waals surface area contributed by atoms with Crippen molar-refractivity contribution >= 4 is 11.8 Å². The summed E-state index contributed by atoms with van der Waals surface area (Å²) in [6.45, 7) is 9.18. The molecular weight excluding hydrogens is 485 g/mol. The second kappa shape index (κ2) is 13.8. The highest BCUT2D eigenvalue weighted by molar-refractivity contribution is 5.97. The number of hydrogen-bond donors (Lipinski definition) is 2. The molecule has 3 N–H and O–H groups in total. The molecular formula is C29H40FN5O3. The molecule has 2 aromatic rings. The second-order valence-electron chi connectivity index (χ2n) is 10.1. The number of morpholine rings is 1. The van der Waals surface area contributed by atoms with E-state index >= 15 is 0 Å². The van der Waals surface area contributed by atoms with E-state index in [0.717, 1.165) is 52.4 Å². The largest absolute Gasteiger partial charge is 0.379 e. The van der Waals surface area contributed by atoms with Gasteiger partial charge < -0.3 is 20.7 Å². The van der Waals surface area contributed by atoms with E-state index < -0.39 is 11.9 Å². The van der Waals surface area contributed by atoms with Crippen LogP contribution >= 0.6 is 0 Å². The lowest BCUT2D eigenvalue weighted by atomic mass is 9.93. The lowest BCUT2D eigenvalue weighted by molar-refractivity contribution is -0.127. The van der Waals surface area contributed by atoms with Gasteiger partial charge in [0.15, 0.2) is 0 Å². The molecule has 2 atom stereocenters. The van der Waals surface area contributed by atoms with E-state index in [4.69, 9.17) is 10.5 Å². The molecule has 1 unspecified atom stereocenters. The van der Waals surface area contributed by atoms with E-state index in [1.54, 1.807) is 4.90 Å². The van der Waals surface area contributed by atoms with Gasteiger partial charge in [-0.3, -0.25) is 19.4 Å². The van der Waals surface area contributed by atoms with Gasteiger partial charge in [0, 0.05) is 64.0 Å². The fraction of sp³-hybridized carbons (Fsp3) is 0.517. The summed E-state index contributed by atoms with van der Waals surface area (Å²) >= 11 is 0. The smallest absolute Gasteiger partial charge is 0.254 e. The Bertz CT molecular complexity index is 1060. The van der Waals surface area contributed by atoms with Gasteiger partial charge in [0.25, 0.3) is 5.91 Å². The van der Waals surface area contributed by atoms with Crippen LogP contribution in [0.25, 0.3) is 0 Å². The van der Waals surface area contributed by atoms with Crippen molar-refractivity contribution in [1.82, 2.24) is 20.0 Å². The van der Waals surface area contributed by atoms with Crippen molar-refractivity contribution in [2.75, 3.05) is 59.0 Å². The van der Waals surface area contributed by atoms with Crippen LogP contribution in [0.3, 0.4) is 0 Å². The number of carbonyl (C=O) groups excluding carboxylic acids is 2. The van der Waals surface area contributed by atoms with Crippen molar-refractivity contribution in [2.24, 2.45) is 5.73 Å². The maximum atomic E-state index is 13.5. The number of hydrogen-bond acceptors (Lipinski definition) is 6. The number of rotatable bonds is 10. The molecule has 0 aliphatic carbocycles. The predicted octanol–water partition coefficient (Wildman–Crippen LogP) is 2.02. The van der Waals surface area contributed by atoms with Crippen LogP contribution in [0.1, 0.15) is 34.3 Å². The van der Waals surface area contributed by atoms with Crippen LogP contribution in [0, 0.1) is 12.7 Å². The number of carbonyl (C=O) groups is 2. The molecule has 2 aliphatic rings. The summed E-state index contributed by atoms with van der Waals surface area (Å²) < 4.78 is 19.0. The van der Waals surface area contributed by atoms with Crippen LogP contribution in [0.2, 0.25) is 0 Å². The third-order valence-corrected chi connectivity index (χ3v) is 7.63. The summed E-state index contributed by atoms with van der Waals surface area (Å²) in [5, 5.41) is 2.89. The standard InChI is InChI=1S/C29H40FN5O3/c1-22-4-2-3-5-24(22)21-34(15-14-33-16-18-38-19-17-33)26-10-13-35(27(20-26)28(36)32-12-11-31)29(37)23-6-8-25(30)9-7-23/h2-9,26-27H,10-21,31H2,1H3,(H,32,36)/t26?,27-/m1/s1. The molecule has 2 heterocycles. The van der Waals surface area contributed by atoms with Gasteiger partial charge in [0.2, 0.25) is 5.91 Å². The maximum absolute atomic E-state index is 13.5. The fourth-order valence-corrected chi connectivity index (χ4v) is 5.33. The molecule has 2 saturated heterocycles. The molecule has 206 valence electrons. The minimum absolute atomic E-state index is 0.126. The molecule has 8 nitrogen and oxygen atoms in total. The van der Waals surface area contributed by atoms with Crippen LogP contribution in [0.5, 0.6) is 0 Å². The number of nitrogens with one attached hydrogen (secondary N) is 1. The van der Waals surface area contributed by atoms with Gasteiger partial charge in [-0.2, -0.15) is 0 Å². The second-order valence-corrected chi connectivity index (χ2v) is 10.1. The number of aryl methyl sites for hydroxylation is 1. The monoisotopic (exact) mass is 525 g/mol. The predicted molar refractivity (Wildman–Crippen MR) is 145 cm³/mol. The Morgan fingerprint density at radius 1 is 1.11 bits per heavy atom. The van der Waals surface area contributed by atoms with E-state index in [9.17, 15) is 14.0 Å². The van der Waals surface area contributed by atoms with E-state index in [1.165, 1.54) is 35.4 Å². The fourth-order valence-electron chi connectivity index (χ4n) is 5.33. The van der Waals surface area contributed by atoms with Crippen LogP contribution in [0.15, 0.2) is 48.5 Å². The molecule has 9 heteroatoms. The van der Waals surface area contributed by atoms with Crippen molar-refractivity contribution in [3.8, 4) is 0 Å². The van der Waals surface area contributed by atoms with Crippen molar-refractivity contribution < 1.29 is 18.7 Å². The molecule has 0 spiro atoms. The van der Waals surface area contributed by atoms with Crippen LogP contribution in [-0.4, -0.2) is 97.6 Å².